The number of pyridine rings is 1. The lowest BCUT2D eigenvalue weighted by molar-refractivity contribution is 0.430. The topological polar surface area (TPSA) is 74.6 Å². The molecule has 0 bridgehead atoms. The Labute approximate surface area is 183 Å². The van der Waals surface area contributed by atoms with Crippen molar-refractivity contribution in [3.63, 3.8) is 0 Å². The highest BCUT2D eigenvalue weighted by Gasteiger charge is 2.15. The van der Waals surface area contributed by atoms with Crippen LogP contribution in [0.4, 0.5) is 0 Å². The first-order valence-electron chi connectivity index (χ1n) is 9.83. The van der Waals surface area contributed by atoms with Crippen LogP contribution in [0.15, 0.2) is 77.7 Å². The molecule has 0 saturated carbocycles. The van der Waals surface area contributed by atoms with Gasteiger partial charge < -0.3 is 9.09 Å². The van der Waals surface area contributed by atoms with Gasteiger partial charge in [-0.2, -0.15) is 10.1 Å². The molecular formula is C23H19ClN6O. The van der Waals surface area contributed by atoms with Gasteiger partial charge in [-0.25, -0.2) is 4.98 Å². The summed E-state index contributed by atoms with van der Waals surface area (Å²) in [6.07, 6.45) is 5.84. The molecule has 7 nitrogen and oxygen atoms in total. The van der Waals surface area contributed by atoms with Crippen molar-refractivity contribution in [2.24, 2.45) is 0 Å². The number of benzene rings is 1. The highest BCUT2D eigenvalue weighted by Crippen LogP contribution is 2.23. The number of halogens is 1. The monoisotopic (exact) mass is 430 g/mol. The largest absolute Gasteiger partial charge is 0.350 e. The number of aromatic nitrogens is 6. The molecule has 0 radical (unpaired) electrons. The van der Waals surface area contributed by atoms with Crippen molar-refractivity contribution in [1.82, 2.24) is 29.5 Å². The van der Waals surface area contributed by atoms with Gasteiger partial charge in [0.05, 0.1) is 6.54 Å². The number of rotatable bonds is 6. The van der Waals surface area contributed by atoms with Gasteiger partial charge in [0.15, 0.2) is 5.69 Å². The second-order valence-corrected chi connectivity index (χ2v) is 7.68. The first-order valence-corrected chi connectivity index (χ1v) is 10.2. The molecule has 8 heteroatoms. The van der Waals surface area contributed by atoms with Gasteiger partial charge in [-0.3, -0.25) is 4.68 Å². The maximum atomic E-state index is 5.86. The summed E-state index contributed by atoms with van der Waals surface area (Å²) in [4.78, 5) is 8.66. The Balaban J connectivity index is 1.33. The Hall–Kier alpha value is -3.71. The van der Waals surface area contributed by atoms with E-state index in [2.05, 4.69) is 36.9 Å². The fourth-order valence-electron chi connectivity index (χ4n) is 3.34. The van der Waals surface area contributed by atoms with Crippen molar-refractivity contribution in [3.8, 4) is 23.0 Å². The molecule has 0 saturated heterocycles. The zero-order chi connectivity index (χ0) is 21.2. The lowest BCUT2D eigenvalue weighted by atomic mass is 10.1. The maximum Gasteiger partial charge on any atom is 0.278 e. The summed E-state index contributed by atoms with van der Waals surface area (Å²) in [7, 11) is 0. The quantitative estimate of drug-likeness (QED) is 0.360. The normalized spacial score (nSPS) is 11.2. The summed E-state index contributed by atoms with van der Waals surface area (Å²) in [5.41, 5.74) is 4.74. The predicted octanol–water partition coefficient (Wildman–Crippen LogP) is 4.86. The van der Waals surface area contributed by atoms with Crippen molar-refractivity contribution in [3.05, 3.63) is 95.2 Å². The number of hydrogen-bond donors (Lipinski definition) is 0. The van der Waals surface area contributed by atoms with E-state index in [4.69, 9.17) is 16.1 Å². The van der Waals surface area contributed by atoms with E-state index in [1.54, 1.807) is 12.3 Å². The third-order valence-electron chi connectivity index (χ3n) is 4.99. The highest BCUT2D eigenvalue weighted by molar-refractivity contribution is 6.29. The highest BCUT2D eigenvalue weighted by atomic mass is 35.5. The van der Waals surface area contributed by atoms with E-state index >= 15 is 0 Å². The van der Waals surface area contributed by atoms with Gasteiger partial charge in [-0.1, -0.05) is 47.1 Å². The van der Waals surface area contributed by atoms with Crippen molar-refractivity contribution in [2.45, 2.75) is 20.0 Å². The van der Waals surface area contributed by atoms with E-state index < -0.39 is 0 Å². The maximum absolute atomic E-state index is 5.86. The molecule has 0 atom stereocenters. The molecule has 0 aliphatic carbocycles. The van der Waals surface area contributed by atoms with Gasteiger partial charge >= 0.3 is 0 Å². The first-order chi connectivity index (χ1) is 15.1. The number of aryl methyl sites for hydroxylation is 1. The molecule has 0 aliphatic rings. The van der Waals surface area contributed by atoms with Crippen LogP contribution in [0.3, 0.4) is 0 Å². The third kappa shape index (κ3) is 4.27. The molecule has 5 aromatic rings. The second kappa shape index (κ2) is 8.20. The van der Waals surface area contributed by atoms with Crippen molar-refractivity contribution in [1.29, 1.82) is 0 Å². The van der Waals surface area contributed by atoms with Crippen LogP contribution in [0.1, 0.15) is 16.8 Å². The summed E-state index contributed by atoms with van der Waals surface area (Å²) in [6, 6.07) is 17.8. The zero-order valence-corrected chi connectivity index (χ0v) is 17.6. The first kappa shape index (κ1) is 19.3. The average Bonchev–Trinajstić information content (AvgIpc) is 3.53. The van der Waals surface area contributed by atoms with E-state index in [-0.39, 0.29) is 0 Å². The standard InChI is InChI=1S/C23H19ClN6O/c1-16-12-20(27-30(16)15-18-6-9-21(24)25-13-18)23-26-22(28-31-23)19-7-4-17(5-8-19)14-29-10-2-3-11-29/h2-13H,14-15H2,1H3. The molecule has 4 heterocycles. The summed E-state index contributed by atoms with van der Waals surface area (Å²) < 4.78 is 9.48. The van der Waals surface area contributed by atoms with Gasteiger partial charge in [0.2, 0.25) is 5.82 Å². The van der Waals surface area contributed by atoms with E-state index in [1.165, 1.54) is 5.56 Å². The summed E-state index contributed by atoms with van der Waals surface area (Å²) in [5.74, 6) is 0.930. The van der Waals surface area contributed by atoms with E-state index in [9.17, 15) is 0 Å². The number of nitrogens with zero attached hydrogens (tertiary/aromatic N) is 6. The third-order valence-corrected chi connectivity index (χ3v) is 5.21. The molecule has 0 unspecified atom stereocenters. The minimum atomic E-state index is 0.391. The fraction of sp³-hybridized carbons (Fsp3) is 0.130. The smallest absolute Gasteiger partial charge is 0.278 e. The van der Waals surface area contributed by atoms with Crippen molar-refractivity contribution < 1.29 is 4.52 Å². The van der Waals surface area contributed by atoms with Gasteiger partial charge in [-0.05, 0) is 42.3 Å². The lowest BCUT2D eigenvalue weighted by Gasteiger charge is -2.03. The van der Waals surface area contributed by atoms with Crippen LogP contribution in [0.5, 0.6) is 0 Å². The van der Waals surface area contributed by atoms with Crippen LogP contribution in [-0.4, -0.2) is 29.5 Å². The van der Waals surface area contributed by atoms with Gasteiger partial charge in [0.1, 0.15) is 5.15 Å². The molecule has 0 aliphatic heterocycles. The fourth-order valence-corrected chi connectivity index (χ4v) is 3.45. The molecule has 154 valence electrons. The molecule has 4 aromatic heterocycles. The molecule has 1 aromatic carbocycles. The van der Waals surface area contributed by atoms with Crippen LogP contribution in [0.2, 0.25) is 5.15 Å². The minimum absolute atomic E-state index is 0.391. The molecule has 31 heavy (non-hydrogen) atoms. The molecule has 0 N–H and O–H groups in total. The molecule has 0 amide bonds. The summed E-state index contributed by atoms with van der Waals surface area (Å²) >= 11 is 5.86. The van der Waals surface area contributed by atoms with E-state index in [1.807, 2.05) is 60.4 Å². The average molecular weight is 431 g/mol. The predicted molar refractivity (Wildman–Crippen MR) is 118 cm³/mol. The SMILES string of the molecule is Cc1cc(-c2nc(-c3ccc(Cn4cccc4)cc3)no2)nn1Cc1ccc(Cl)nc1. The molecule has 0 spiro atoms. The van der Waals surface area contributed by atoms with Crippen molar-refractivity contribution in [2.75, 3.05) is 0 Å². The van der Waals surface area contributed by atoms with E-state index in [0.717, 1.165) is 23.4 Å². The second-order valence-electron chi connectivity index (χ2n) is 7.29. The van der Waals surface area contributed by atoms with Gasteiger partial charge in [0.25, 0.3) is 5.89 Å². The Morgan fingerprint density at radius 3 is 2.48 bits per heavy atom. The van der Waals surface area contributed by atoms with Crippen LogP contribution in [0, 0.1) is 6.92 Å². The minimum Gasteiger partial charge on any atom is -0.350 e. The van der Waals surface area contributed by atoms with Crippen LogP contribution < -0.4 is 0 Å². The Bertz CT molecular complexity index is 1290. The van der Waals surface area contributed by atoms with Gasteiger partial charge in [-0.15, -0.1) is 0 Å². The zero-order valence-electron chi connectivity index (χ0n) is 16.8. The lowest BCUT2D eigenvalue weighted by Crippen LogP contribution is -2.04. The summed E-state index contributed by atoms with van der Waals surface area (Å²) in [6.45, 7) is 3.39. The summed E-state index contributed by atoms with van der Waals surface area (Å²) in [5, 5.41) is 9.22. The van der Waals surface area contributed by atoms with Gasteiger partial charge in [0, 0.05) is 36.4 Å². The van der Waals surface area contributed by atoms with Crippen LogP contribution >= 0.6 is 11.6 Å². The van der Waals surface area contributed by atoms with Crippen molar-refractivity contribution >= 4 is 11.6 Å². The Kier molecular flexibility index (Phi) is 5.09. The Morgan fingerprint density at radius 2 is 1.74 bits per heavy atom. The van der Waals surface area contributed by atoms with E-state index in [0.29, 0.717) is 29.1 Å². The number of hydrogen-bond acceptors (Lipinski definition) is 5. The molecule has 5 rings (SSSR count). The Morgan fingerprint density at radius 1 is 0.968 bits per heavy atom. The molecular weight excluding hydrogens is 412 g/mol. The molecule has 0 fully saturated rings. The van der Waals surface area contributed by atoms with Crippen LogP contribution in [-0.2, 0) is 13.1 Å². The van der Waals surface area contributed by atoms with Crippen LogP contribution in [0.25, 0.3) is 23.0 Å².